The fraction of sp³-hybridized carbons (Fsp3) is 0.571. The number of nitrogens with zero attached hydrogens (tertiary/aromatic N) is 2. The molecule has 1 atom stereocenters. The van der Waals surface area contributed by atoms with E-state index in [1.807, 2.05) is 12.1 Å². The Hall–Kier alpha value is -1.06. The summed E-state index contributed by atoms with van der Waals surface area (Å²) in [5, 5.41) is 0. The van der Waals surface area contributed by atoms with E-state index in [1.54, 1.807) is 0 Å². The van der Waals surface area contributed by atoms with Crippen molar-refractivity contribution in [2.45, 2.75) is 25.4 Å². The standard InChI is InChI=1S/C14H23N3/c1-16(2)11-14-4-3-9-17(14)10-12-5-7-13(15)8-6-12/h5-8,14H,3-4,9-11,15H2,1-2H3/t14-/m0/s1. The summed E-state index contributed by atoms with van der Waals surface area (Å²) in [5.41, 5.74) is 7.92. The number of benzene rings is 1. The van der Waals surface area contributed by atoms with Crippen LogP contribution in [0.1, 0.15) is 18.4 Å². The molecule has 1 aromatic carbocycles. The minimum atomic E-state index is 0.711. The summed E-state index contributed by atoms with van der Waals surface area (Å²) >= 11 is 0. The molecule has 3 heteroatoms. The molecule has 0 saturated carbocycles. The molecular weight excluding hydrogens is 210 g/mol. The highest BCUT2D eigenvalue weighted by atomic mass is 15.2. The molecule has 0 unspecified atom stereocenters. The van der Waals surface area contributed by atoms with Crippen LogP contribution < -0.4 is 5.73 Å². The Bertz CT molecular complexity index is 345. The van der Waals surface area contributed by atoms with Crippen molar-refractivity contribution in [3.8, 4) is 0 Å². The summed E-state index contributed by atoms with van der Waals surface area (Å²) in [6.07, 6.45) is 2.65. The third-order valence-electron chi connectivity index (χ3n) is 3.44. The number of rotatable bonds is 4. The zero-order chi connectivity index (χ0) is 12.3. The zero-order valence-corrected chi connectivity index (χ0v) is 10.9. The molecule has 2 rings (SSSR count). The van der Waals surface area contributed by atoms with Gasteiger partial charge < -0.3 is 10.6 Å². The average molecular weight is 233 g/mol. The van der Waals surface area contributed by atoms with Crippen LogP contribution in [0.25, 0.3) is 0 Å². The first-order valence-electron chi connectivity index (χ1n) is 6.38. The van der Waals surface area contributed by atoms with Crippen molar-refractivity contribution >= 4 is 5.69 Å². The molecule has 0 aliphatic carbocycles. The van der Waals surface area contributed by atoms with Gasteiger partial charge in [-0.1, -0.05) is 12.1 Å². The first kappa shape index (κ1) is 12.4. The maximum atomic E-state index is 5.71. The minimum Gasteiger partial charge on any atom is -0.399 e. The van der Waals surface area contributed by atoms with E-state index in [1.165, 1.54) is 24.9 Å². The number of anilines is 1. The molecule has 0 bridgehead atoms. The van der Waals surface area contributed by atoms with Crippen molar-refractivity contribution in [2.75, 3.05) is 32.9 Å². The molecule has 0 radical (unpaired) electrons. The Kier molecular flexibility index (Phi) is 4.02. The molecule has 1 aromatic rings. The summed E-state index contributed by atoms with van der Waals surface area (Å²) in [5.74, 6) is 0. The second-order valence-corrected chi connectivity index (χ2v) is 5.27. The predicted octanol–water partition coefficient (Wildman–Crippen LogP) is 1.79. The van der Waals surface area contributed by atoms with Gasteiger partial charge in [0.05, 0.1) is 0 Å². The Morgan fingerprint density at radius 1 is 1.29 bits per heavy atom. The van der Waals surface area contributed by atoms with Gasteiger partial charge in [-0.05, 0) is 51.2 Å². The van der Waals surface area contributed by atoms with E-state index < -0.39 is 0 Å². The Morgan fingerprint density at radius 2 is 2.00 bits per heavy atom. The lowest BCUT2D eigenvalue weighted by atomic mass is 10.1. The van der Waals surface area contributed by atoms with Crippen LogP contribution in [0.3, 0.4) is 0 Å². The van der Waals surface area contributed by atoms with Gasteiger partial charge in [-0.15, -0.1) is 0 Å². The van der Waals surface area contributed by atoms with E-state index in [0.29, 0.717) is 6.04 Å². The van der Waals surface area contributed by atoms with Gasteiger partial charge in [0.15, 0.2) is 0 Å². The molecule has 94 valence electrons. The maximum absolute atomic E-state index is 5.71. The van der Waals surface area contributed by atoms with E-state index in [2.05, 4.69) is 36.0 Å². The molecular formula is C14H23N3. The highest BCUT2D eigenvalue weighted by Gasteiger charge is 2.24. The SMILES string of the molecule is CN(C)C[C@@H]1CCCN1Cc1ccc(N)cc1. The van der Waals surface area contributed by atoms with E-state index in [0.717, 1.165) is 18.8 Å². The topological polar surface area (TPSA) is 32.5 Å². The highest BCUT2D eigenvalue weighted by molar-refractivity contribution is 5.39. The number of hydrogen-bond donors (Lipinski definition) is 1. The lowest BCUT2D eigenvalue weighted by Gasteiger charge is -2.27. The third kappa shape index (κ3) is 3.45. The summed E-state index contributed by atoms with van der Waals surface area (Å²) in [6.45, 7) is 3.44. The van der Waals surface area contributed by atoms with Crippen molar-refractivity contribution in [3.63, 3.8) is 0 Å². The van der Waals surface area contributed by atoms with Crippen LogP contribution in [-0.2, 0) is 6.54 Å². The largest absolute Gasteiger partial charge is 0.399 e. The third-order valence-corrected chi connectivity index (χ3v) is 3.44. The van der Waals surface area contributed by atoms with Gasteiger partial charge in [0.25, 0.3) is 0 Å². The Labute approximate surface area is 104 Å². The van der Waals surface area contributed by atoms with Gasteiger partial charge in [-0.25, -0.2) is 0 Å². The fourth-order valence-corrected chi connectivity index (χ4v) is 2.59. The van der Waals surface area contributed by atoms with Gasteiger partial charge in [-0.2, -0.15) is 0 Å². The van der Waals surface area contributed by atoms with E-state index in [-0.39, 0.29) is 0 Å². The number of likely N-dealkylation sites (tertiary alicyclic amines) is 1. The van der Waals surface area contributed by atoms with Crippen LogP contribution in [0.2, 0.25) is 0 Å². The van der Waals surface area contributed by atoms with E-state index >= 15 is 0 Å². The van der Waals surface area contributed by atoms with Crippen molar-refractivity contribution in [2.24, 2.45) is 0 Å². The fourth-order valence-electron chi connectivity index (χ4n) is 2.59. The van der Waals surface area contributed by atoms with Crippen molar-refractivity contribution in [3.05, 3.63) is 29.8 Å². The molecule has 1 aliphatic rings. The molecule has 0 amide bonds. The van der Waals surface area contributed by atoms with Gasteiger partial charge in [0.1, 0.15) is 0 Å². The van der Waals surface area contributed by atoms with Crippen LogP contribution in [0.5, 0.6) is 0 Å². The molecule has 17 heavy (non-hydrogen) atoms. The maximum Gasteiger partial charge on any atom is 0.0314 e. The zero-order valence-electron chi connectivity index (χ0n) is 10.9. The van der Waals surface area contributed by atoms with Crippen LogP contribution >= 0.6 is 0 Å². The van der Waals surface area contributed by atoms with Crippen LogP contribution in [-0.4, -0.2) is 43.0 Å². The second-order valence-electron chi connectivity index (χ2n) is 5.27. The minimum absolute atomic E-state index is 0.711. The van der Waals surface area contributed by atoms with Crippen LogP contribution in [0.4, 0.5) is 5.69 Å². The molecule has 0 aromatic heterocycles. The number of nitrogens with two attached hydrogens (primary N) is 1. The van der Waals surface area contributed by atoms with Gasteiger partial charge >= 0.3 is 0 Å². The quantitative estimate of drug-likeness (QED) is 0.805. The highest BCUT2D eigenvalue weighted by Crippen LogP contribution is 2.20. The van der Waals surface area contributed by atoms with Gasteiger partial charge in [0.2, 0.25) is 0 Å². The van der Waals surface area contributed by atoms with Crippen molar-refractivity contribution in [1.82, 2.24) is 9.80 Å². The normalized spacial score (nSPS) is 21.2. The molecule has 1 saturated heterocycles. The molecule has 0 spiro atoms. The first-order chi connectivity index (χ1) is 8.15. The van der Waals surface area contributed by atoms with E-state index in [9.17, 15) is 0 Å². The number of hydrogen-bond acceptors (Lipinski definition) is 3. The summed E-state index contributed by atoms with van der Waals surface area (Å²) in [4.78, 5) is 4.87. The lowest BCUT2D eigenvalue weighted by molar-refractivity contribution is 0.201. The summed E-state index contributed by atoms with van der Waals surface area (Å²) < 4.78 is 0. The number of likely N-dealkylation sites (N-methyl/N-ethyl adjacent to an activating group) is 1. The number of nitrogen functional groups attached to an aromatic ring is 1. The first-order valence-corrected chi connectivity index (χ1v) is 6.38. The lowest BCUT2D eigenvalue weighted by Crippen LogP contribution is -2.37. The summed E-state index contributed by atoms with van der Waals surface area (Å²) in [6, 6.07) is 8.97. The monoisotopic (exact) mass is 233 g/mol. The molecule has 1 fully saturated rings. The molecule has 1 heterocycles. The van der Waals surface area contributed by atoms with Crippen molar-refractivity contribution < 1.29 is 0 Å². The van der Waals surface area contributed by atoms with Gasteiger partial charge in [0, 0.05) is 24.8 Å². The van der Waals surface area contributed by atoms with E-state index in [4.69, 9.17) is 5.73 Å². The summed E-state index contributed by atoms with van der Waals surface area (Å²) in [7, 11) is 4.30. The smallest absolute Gasteiger partial charge is 0.0314 e. The molecule has 3 nitrogen and oxygen atoms in total. The second kappa shape index (κ2) is 5.52. The van der Waals surface area contributed by atoms with Crippen molar-refractivity contribution in [1.29, 1.82) is 0 Å². The van der Waals surface area contributed by atoms with Gasteiger partial charge in [-0.3, -0.25) is 4.90 Å². The Morgan fingerprint density at radius 3 is 2.65 bits per heavy atom. The average Bonchev–Trinajstić information content (AvgIpc) is 2.68. The van der Waals surface area contributed by atoms with Crippen LogP contribution in [0.15, 0.2) is 24.3 Å². The Balaban J connectivity index is 1.95. The van der Waals surface area contributed by atoms with Crippen LogP contribution in [0, 0.1) is 0 Å². The molecule has 1 aliphatic heterocycles. The predicted molar refractivity (Wildman–Crippen MR) is 72.8 cm³/mol. The molecule has 2 N–H and O–H groups in total.